The van der Waals surface area contributed by atoms with Crippen molar-refractivity contribution in [3.05, 3.63) is 29.0 Å². The van der Waals surface area contributed by atoms with Gasteiger partial charge in [-0.2, -0.15) is 0 Å². The molecule has 1 atom stereocenters. The molecule has 2 N–H and O–H groups in total. The Balaban J connectivity index is 1.92. The third kappa shape index (κ3) is 3.91. The number of anilines is 1. The Labute approximate surface area is 123 Å². The van der Waals surface area contributed by atoms with Crippen LogP contribution >= 0.6 is 11.6 Å². The standard InChI is InChI=1S/C14H19ClFN3O/c1-17-8-11-3-2-6-19(11)9-14(20)18-13-5-4-10(16)7-12(13)15/h4-5,7,11,17H,2-3,6,8-9H2,1H3,(H,18,20). The average molecular weight is 300 g/mol. The molecule has 2 rings (SSSR count). The van der Waals surface area contributed by atoms with E-state index in [0.29, 0.717) is 18.3 Å². The maximum Gasteiger partial charge on any atom is 0.238 e. The van der Waals surface area contributed by atoms with Crippen molar-refractivity contribution in [1.82, 2.24) is 10.2 Å². The number of likely N-dealkylation sites (tertiary alicyclic amines) is 1. The van der Waals surface area contributed by atoms with Gasteiger partial charge in [-0.15, -0.1) is 0 Å². The fourth-order valence-corrected chi connectivity index (χ4v) is 2.75. The molecular weight excluding hydrogens is 281 g/mol. The first kappa shape index (κ1) is 15.2. The number of halogens is 2. The largest absolute Gasteiger partial charge is 0.324 e. The molecule has 4 nitrogen and oxygen atoms in total. The van der Waals surface area contributed by atoms with Gasteiger partial charge in [0.15, 0.2) is 0 Å². The van der Waals surface area contributed by atoms with Crippen molar-refractivity contribution in [1.29, 1.82) is 0 Å². The van der Waals surface area contributed by atoms with Crippen LogP contribution in [0.1, 0.15) is 12.8 Å². The normalized spacial score (nSPS) is 19.2. The zero-order valence-corrected chi connectivity index (χ0v) is 12.2. The van der Waals surface area contributed by atoms with Gasteiger partial charge in [-0.25, -0.2) is 4.39 Å². The van der Waals surface area contributed by atoms with Crippen LogP contribution in [-0.4, -0.2) is 43.5 Å². The Morgan fingerprint density at radius 2 is 2.35 bits per heavy atom. The van der Waals surface area contributed by atoms with E-state index in [1.807, 2.05) is 7.05 Å². The third-order valence-corrected chi connectivity index (χ3v) is 3.80. The number of hydrogen-bond acceptors (Lipinski definition) is 3. The van der Waals surface area contributed by atoms with Crippen LogP contribution in [0.15, 0.2) is 18.2 Å². The summed E-state index contributed by atoms with van der Waals surface area (Å²) < 4.78 is 12.9. The van der Waals surface area contributed by atoms with Crippen LogP contribution in [0, 0.1) is 5.82 Å². The molecule has 1 aromatic carbocycles. The first-order valence-corrected chi connectivity index (χ1v) is 7.11. The minimum absolute atomic E-state index is 0.124. The van der Waals surface area contributed by atoms with E-state index in [4.69, 9.17) is 11.6 Å². The molecule has 1 heterocycles. The molecule has 0 aliphatic carbocycles. The highest BCUT2D eigenvalue weighted by molar-refractivity contribution is 6.33. The molecule has 6 heteroatoms. The Kier molecular flexibility index (Phi) is 5.34. The van der Waals surface area contributed by atoms with Crippen molar-refractivity contribution in [3.8, 4) is 0 Å². The van der Waals surface area contributed by atoms with Crippen LogP contribution in [-0.2, 0) is 4.79 Å². The Morgan fingerprint density at radius 3 is 3.05 bits per heavy atom. The van der Waals surface area contributed by atoms with E-state index in [9.17, 15) is 9.18 Å². The van der Waals surface area contributed by atoms with Crippen molar-refractivity contribution in [3.63, 3.8) is 0 Å². The minimum Gasteiger partial charge on any atom is -0.324 e. The van der Waals surface area contributed by atoms with Crippen molar-refractivity contribution in [2.24, 2.45) is 0 Å². The van der Waals surface area contributed by atoms with E-state index >= 15 is 0 Å². The fraction of sp³-hybridized carbons (Fsp3) is 0.500. The topological polar surface area (TPSA) is 44.4 Å². The van der Waals surface area contributed by atoms with Gasteiger partial charge in [-0.3, -0.25) is 9.69 Å². The number of rotatable bonds is 5. The summed E-state index contributed by atoms with van der Waals surface area (Å²) in [5, 5.41) is 6.08. The molecule has 0 saturated carbocycles. The second kappa shape index (κ2) is 7.02. The van der Waals surface area contributed by atoms with Gasteiger partial charge in [-0.1, -0.05) is 11.6 Å². The lowest BCUT2D eigenvalue weighted by Crippen LogP contribution is -2.41. The molecule has 1 saturated heterocycles. The first-order chi connectivity index (χ1) is 9.60. The summed E-state index contributed by atoms with van der Waals surface area (Å²) in [6, 6.07) is 4.34. The van der Waals surface area contributed by atoms with E-state index in [-0.39, 0.29) is 10.9 Å². The van der Waals surface area contributed by atoms with Gasteiger partial charge in [-0.05, 0) is 44.6 Å². The zero-order valence-electron chi connectivity index (χ0n) is 11.5. The summed E-state index contributed by atoms with van der Waals surface area (Å²) in [5.74, 6) is -0.539. The molecule has 1 aliphatic rings. The van der Waals surface area contributed by atoms with Crippen LogP contribution in [0.25, 0.3) is 0 Å². The lowest BCUT2D eigenvalue weighted by Gasteiger charge is -2.23. The third-order valence-electron chi connectivity index (χ3n) is 3.49. The quantitative estimate of drug-likeness (QED) is 0.875. The molecule has 1 fully saturated rings. The van der Waals surface area contributed by atoms with E-state index < -0.39 is 5.82 Å². The highest BCUT2D eigenvalue weighted by Gasteiger charge is 2.25. The van der Waals surface area contributed by atoms with Gasteiger partial charge in [0.2, 0.25) is 5.91 Å². The molecule has 0 aromatic heterocycles. The van der Waals surface area contributed by atoms with Crippen LogP contribution in [0.5, 0.6) is 0 Å². The lowest BCUT2D eigenvalue weighted by atomic mass is 10.2. The molecule has 1 aromatic rings. The maximum absolute atomic E-state index is 12.9. The minimum atomic E-state index is -0.415. The molecule has 20 heavy (non-hydrogen) atoms. The maximum atomic E-state index is 12.9. The summed E-state index contributed by atoms with van der Waals surface area (Å²) in [4.78, 5) is 14.2. The number of nitrogens with zero attached hydrogens (tertiary/aromatic N) is 1. The smallest absolute Gasteiger partial charge is 0.238 e. The fourth-order valence-electron chi connectivity index (χ4n) is 2.54. The Morgan fingerprint density at radius 1 is 1.55 bits per heavy atom. The van der Waals surface area contributed by atoms with E-state index in [0.717, 1.165) is 25.9 Å². The molecule has 1 unspecified atom stereocenters. The van der Waals surface area contributed by atoms with Crippen molar-refractivity contribution >= 4 is 23.2 Å². The Hall–Kier alpha value is -1.17. The van der Waals surface area contributed by atoms with Crippen molar-refractivity contribution in [2.45, 2.75) is 18.9 Å². The SMILES string of the molecule is CNCC1CCCN1CC(=O)Nc1ccc(F)cc1Cl. The molecule has 0 spiro atoms. The highest BCUT2D eigenvalue weighted by Crippen LogP contribution is 2.23. The monoisotopic (exact) mass is 299 g/mol. The highest BCUT2D eigenvalue weighted by atomic mass is 35.5. The number of hydrogen-bond donors (Lipinski definition) is 2. The van der Waals surface area contributed by atoms with Gasteiger partial charge < -0.3 is 10.6 Å². The number of carbonyl (C=O) groups is 1. The summed E-state index contributed by atoms with van der Waals surface area (Å²) in [6.07, 6.45) is 2.21. The predicted molar refractivity (Wildman–Crippen MR) is 78.6 cm³/mol. The van der Waals surface area contributed by atoms with E-state index in [2.05, 4.69) is 15.5 Å². The number of likely N-dealkylation sites (N-methyl/N-ethyl adjacent to an activating group) is 1. The molecule has 110 valence electrons. The number of benzene rings is 1. The van der Waals surface area contributed by atoms with Crippen molar-refractivity contribution in [2.75, 3.05) is 32.0 Å². The summed E-state index contributed by atoms with van der Waals surface area (Å²) in [7, 11) is 1.91. The second-order valence-corrected chi connectivity index (χ2v) is 5.40. The molecule has 1 amide bonds. The molecular formula is C14H19ClFN3O. The van der Waals surface area contributed by atoms with Crippen molar-refractivity contribution < 1.29 is 9.18 Å². The number of nitrogens with one attached hydrogen (secondary N) is 2. The van der Waals surface area contributed by atoms with Crippen LogP contribution in [0.2, 0.25) is 5.02 Å². The van der Waals surface area contributed by atoms with Crippen LogP contribution in [0.4, 0.5) is 10.1 Å². The van der Waals surface area contributed by atoms with Gasteiger partial charge in [0.25, 0.3) is 0 Å². The molecule has 1 aliphatic heterocycles. The summed E-state index contributed by atoms with van der Waals surface area (Å²) >= 11 is 5.89. The second-order valence-electron chi connectivity index (χ2n) is 5.00. The van der Waals surface area contributed by atoms with Gasteiger partial charge in [0.05, 0.1) is 17.3 Å². The van der Waals surface area contributed by atoms with E-state index in [1.54, 1.807) is 0 Å². The lowest BCUT2D eigenvalue weighted by molar-refractivity contribution is -0.117. The van der Waals surface area contributed by atoms with Gasteiger partial charge in [0.1, 0.15) is 5.82 Å². The number of carbonyl (C=O) groups excluding carboxylic acids is 1. The van der Waals surface area contributed by atoms with E-state index in [1.165, 1.54) is 18.2 Å². The predicted octanol–water partition coefficient (Wildman–Crippen LogP) is 2.10. The number of amides is 1. The summed E-state index contributed by atoms with van der Waals surface area (Å²) in [5.41, 5.74) is 0.447. The molecule has 0 bridgehead atoms. The van der Waals surface area contributed by atoms with Gasteiger partial charge in [0, 0.05) is 12.6 Å². The summed E-state index contributed by atoms with van der Waals surface area (Å²) in [6.45, 7) is 2.14. The van der Waals surface area contributed by atoms with Crippen LogP contribution in [0.3, 0.4) is 0 Å². The Bertz CT molecular complexity index is 483. The van der Waals surface area contributed by atoms with Crippen LogP contribution < -0.4 is 10.6 Å². The average Bonchev–Trinajstić information content (AvgIpc) is 2.81. The molecule has 0 radical (unpaired) electrons. The first-order valence-electron chi connectivity index (χ1n) is 6.73. The van der Waals surface area contributed by atoms with Gasteiger partial charge >= 0.3 is 0 Å². The zero-order chi connectivity index (χ0) is 14.5.